The highest BCUT2D eigenvalue weighted by molar-refractivity contribution is 6.42. The summed E-state index contributed by atoms with van der Waals surface area (Å²) < 4.78 is 8.80. The topological polar surface area (TPSA) is 74.0 Å². The van der Waals surface area contributed by atoms with Crippen LogP contribution in [0.2, 0.25) is 15.1 Å². The Morgan fingerprint density at radius 3 is 2.52 bits per heavy atom. The zero-order valence-corrected chi connectivity index (χ0v) is 18.3. The van der Waals surface area contributed by atoms with Gasteiger partial charge in [0.1, 0.15) is 5.75 Å². The maximum absolute atomic E-state index is 12.5. The molecule has 0 aliphatic rings. The summed E-state index contributed by atoms with van der Waals surface area (Å²) in [4.78, 5) is 12.5. The van der Waals surface area contributed by atoms with Gasteiger partial charge in [-0.2, -0.15) is 10.2 Å². The van der Waals surface area contributed by atoms with Gasteiger partial charge in [0.25, 0.3) is 5.91 Å². The molecule has 0 saturated heterocycles. The molecule has 10 heteroatoms. The summed E-state index contributed by atoms with van der Waals surface area (Å²) in [5.74, 6) is 0.571. The van der Waals surface area contributed by atoms with Gasteiger partial charge < -0.3 is 10.1 Å². The van der Waals surface area contributed by atoms with Crippen LogP contribution in [0.1, 0.15) is 16.1 Å². The van der Waals surface area contributed by atoms with E-state index in [4.69, 9.17) is 39.5 Å². The highest BCUT2D eigenvalue weighted by Crippen LogP contribution is 2.24. The molecule has 0 radical (unpaired) electrons. The zero-order valence-electron chi connectivity index (χ0n) is 16.0. The Hall–Kier alpha value is -3.00. The van der Waals surface area contributed by atoms with E-state index >= 15 is 0 Å². The van der Waals surface area contributed by atoms with Gasteiger partial charge in [-0.15, -0.1) is 0 Å². The van der Waals surface area contributed by atoms with E-state index in [2.05, 4.69) is 15.5 Å². The molecule has 158 valence electrons. The molecular formula is C21H16Cl3N5O2. The smallest absolute Gasteiger partial charge is 0.277 e. The highest BCUT2D eigenvalue weighted by Gasteiger charge is 2.12. The number of carbonyl (C=O) groups excluding carboxylic acids is 1. The molecule has 0 spiro atoms. The lowest BCUT2D eigenvalue weighted by atomic mass is 10.2. The van der Waals surface area contributed by atoms with Crippen molar-refractivity contribution < 1.29 is 9.53 Å². The summed E-state index contributed by atoms with van der Waals surface area (Å²) in [7, 11) is 0. The second-order valence-corrected chi connectivity index (χ2v) is 7.77. The molecule has 4 rings (SSSR count). The van der Waals surface area contributed by atoms with Crippen molar-refractivity contribution in [2.24, 2.45) is 0 Å². The normalized spacial score (nSPS) is 10.8. The van der Waals surface area contributed by atoms with Crippen molar-refractivity contribution in [3.05, 3.63) is 93.3 Å². The Kier molecular flexibility index (Phi) is 6.46. The van der Waals surface area contributed by atoms with Crippen molar-refractivity contribution >= 4 is 46.5 Å². The maximum Gasteiger partial charge on any atom is 0.277 e. The van der Waals surface area contributed by atoms with Crippen LogP contribution < -0.4 is 10.1 Å². The number of nitrogens with one attached hydrogen (secondary N) is 1. The van der Waals surface area contributed by atoms with Gasteiger partial charge in [-0.25, -0.2) is 4.68 Å². The molecule has 2 aromatic heterocycles. The molecule has 0 atom stereocenters. The van der Waals surface area contributed by atoms with Gasteiger partial charge in [-0.05, 0) is 35.9 Å². The number of para-hydroxylation sites is 1. The monoisotopic (exact) mass is 475 g/mol. The quantitative estimate of drug-likeness (QED) is 0.389. The molecule has 4 aromatic rings. The summed E-state index contributed by atoms with van der Waals surface area (Å²) in [6.45, 7) is 0.607. The van der Waals surface area contributed by atoms with Crippen molar-refractivity contribution in [2.45, 2.75) is 13.3 Å². The first-order valence-corrected chi connectivity index (χ1v) is 10.3. The van der Waals surface area contributed by atoms with Crippen LogP contribution in [0.4, 0.5) is 5.82 Å². The number of hydrogen-bond donors (Lipinski definition) is 1. The third-order valence-electron chi connectivity index (χ3n) is 4.27. The van der Waals surface area contributed by atoms with E-state index in [1.54, 1.807) is 53.5 Å². The molecule has 0 bridgehead atoms. The SMILES string of the molecule is O=C(Nc1ccn(Cc2ccc(Cl)c(Cl)c2)n1)c1ccn(COc2ccccc2Cl)n1. The summed E-state index contributed by atoms with van der Waals surface area (Å²) >= 11 is 18.0. The maximum atomic E-state index is 12.5. The fourth-order valence-corrected chi connectivity index (χ4v) is 3.28. The van der Waals surface area contributed by atoms with E-state index < -0.39 is 0 Å². The minimum Gasteiger partial charge on any atom is -0.470 e. The Morgan fingerprint density at radius 2 is 1.71 bits per heavy atom. The fraction of sp³-hybridized carbons (Fsp3) is 0.0952. The molecule has 1 N–H and O–H groups in total. The Balaban J connectivity index is 1.34. The van der Waals surface area contributed by atoms with Crippen LogP contribution in [-0.2, 0) is 13.3 Å². The number of anilines is 1. The van der Waals surface area contributed by atoms with Gasteiger partial charge in [0.15, 0.2) is 18.2 Å². The summed E-state index contributed by atoms with van der Waals surface area (Å²) in [6.07, 6.45) is 3.41. The molecule has 0 fully saturated rings. The molecule has 1 amide bonds. The average molecular weight is 477 g/mol. The number of halogens is 3. The lowest BCUT2D eigenvalue weighted by Gasteiger charge is -2.07. The predicted octanol–water partition coefficient (Wildman–Crippen LogP) is 5.38. The Labute approximate surface area is 193 Å². The molecule has 2 aromatic carbocycles. The van der Waals surface area contributed by atoms with Crippen molar-refractivity contribution in [2.75, 3.05) is 5.32 Å². The van der Waals surface area contributed by atoms with Gasteiger partial charge in [0.05, 0.1) is 21.6 Å². The number of nitrogens with zero attached hydrogens (tertiary/aromatic N) is 4. The molecular weight excluding hydrogens is 461 g/mol. The first-order valence-electron chi connectivity index (χ1n) is 9.17. The number of amides is 1. The fourth-order valence-electron chi connectivity index (χ4n) is 2.77. The Bertz CT molecular complexity index is 1220. The average Bonchev–Trinajstić information content (AvgIpc) is 3.40. The highest BCUT2D eigenvalue weighted by atomic mass is 35.5. The van der Waals surface area contributed by atoms with E-state index in [-0.39, 0.29) is 18.3 Å². The van der Waals surface area contributed by atoms with Crippen LogP contribution in [-0.4, -0.2) is 25.5 Å². The van der Waals surface area contributed by atoms with E-state index in [0.717, 1.165) is 5.56 Å². The van der Waals surface area contributed by atoms with Crippen LogP contribution in [0, 0.1) is 0 Å². The van der Waals surface area contributed by atoms with E-state index in [0.29, 0.717) is 33.2 Å². The van der Waals surface area contributed by atoms with E-state index in [1.807, 2.05) is 18.2 Å². The number of hydrogen-bond acceptors (Lipinski definition) is 4. The van der Waals surface area contributed by atoms with Crippen LogP contribution in [0.3, 0.4) is 0 Å². The summed E-state index contributed by atoms with van der Waals surface area (Å²) in [5, 5.41) is 12.8. The van der Waals surface area contributed by atoms with Crippen LogP contribution in [0.15, 0.2) is 67.0 Å². The molecule has 0 aliphatic carbocycles. The van der Waals surface area contributed by atoms with Gasteiger partial charge in [-0.1, -0.05) is 53.0 Å². The van der Waals surface area contributed by atoms with E-state index in [9.17, 15) is 4.79 Å². The zero-order chi connectivity index (χ0) is 21.8. The summed E-state index contributed by atoms with van der Waals surface area (Å²) in [5.41, 5.74) is 1.18. The van der Waals surface area contributed by atoms with Crippen LogP contribution >= 0.6 is 34.8 Å². The van der Waals surface area contributed by atoms with Crippen molar-refractivity contribution in [3.8, 4) is 5.75 Å². The van der Waals surface area contributed by atoms with Gasteiger partial charge in [0, 0.05) is 18.5 Å². The minimum atomic E-state index is -0.378. The number of aromatic nitrogens is 4. The van der Waals surface area contributed by atoms with Gasteiger partial charge >= 0.3 is 0 Å². The lowest BCUT2D eigenvalue weighted by molar-refractivity contribution is 0.101. The summed E-state index contributed by atoms with van der Waals surface area (Å²) in [6, 6.07) is 15.8. The first-order chi connectivity index (χ1) is 15.0. The minimum absolute atomic E-state index is 0.120. The van der Waals surface area contributed by atoms with Crippen LogP contribution in [0.25, 0.3) is 0 Å². The number of benzene rings is 2. The molecule has 0 unspecified atom stereocenters. The first kappa shape index (κ1) is 21.2. The number of rotatable bonds is 7. The molecule has 2 heterocycles. The molecule has 0 saturated carbocycles. The predicted molar refractivity (Wildman–Crippen MR) is 120 cm³/mol. The van der Waals surface area contributed by atoms with Crippen molar-refractivity contribution in [1.82, 2.24) is 19.6 Å². The third-order valence-corrected chi connectivity index (χ3v) is 5.32. The van der Waals surface area contributed by atoms with Crippen molar-refractivity contribution in [3.63, 3.8) is 0 Å². The second-order valence-electron chi connectivity index (χ2n) is 6.55. The van der Waals surface area contributed by atoms with Gasteiger partial charge in [-0.3, -0.25) is 9.48 Å². The molecule has 31 heavy (non-hydrogen) atoms. The number of ether oxygens (including phenoxy) is 1. The third kappa shape index (κ3) is 5.38. The standard InChI is InChI=1S/C21H16Cl3N5O2/c22-15-6-5-14(11-17(15)24)12-28-10-8-20(27-28)25-21(30)18-7-9-29(26-18)13-31-19-4-2-1-3-16(19)23/h1-11H,12-13H2,(H,25,27,30). The molecule has 7 nitrogen and oxygen atoms in total. The molecule has 0 aliphatic heterocycles. The van der Waals surface area contributed by atoms with Gasteiger partial charge in [0.2, 0.25) is 0 Å². The largest absolute Gasteiger partial charge is 0.470 e. The lowest BCUT2D eigenvalue weighted by Crippen LogP contribution is -2.15. The van der Waals surface area contributed by atoms with E-state index in [1.165, 1.54) is 4.68 Å². The number of carbonyl (C=O) groups is 1. The van der Waals surface area contributed by atoms with Crippen molar-refractivity contribution in [1.29, 1.82) is 0 Å². The van der Waals surface area contributed by atoms with Crippen LogP contribution in [0.5, 0.6) is 5.75 Å². The Morgan fingerprint density at radius 1 is 0.903 bits per heavy atom. The second kappa shape index (κ2) is 9.43.